The van der Waals surface area contributed by atoms with Crippen molar-refractivity contribution in [3.63, 3.8) is 0 Å². The molecule has 2 aromatic rings. The first kappa shape index (κ1) is 23.8. The summed E-state index contributed by atoms with van der Waals surface area (Å²) in [5, 5.41) is 41.0. The number of phenolic OH excluding ortho intramolecular Hbond substituents is 1. The molecular formula is C20H24N2O9. The summed E-state index contributed by atoms with van der Waals surface area (Å²) >= 11 is 0. The maximum absolute atomic E-state index is 11.5. The first-order chi connectivity index (χ1) is 14.7. The second-order valence-corrected chi connectivity index (χ2v) is 6.96. The molecule has 0 aliphatic carbocycles. The molecule has 0 saturated carbocycles. The lowest BCUT2D eigenvalue weighted by atomic mass is 10.1. The molecule has 31 heavy (non-hydrogen) atoms. The maximum Gasteiger partial charge on any atom is 0.336 e. The summed E-state index contributed by atoms with van der Waals surface area (Å²) < 4.78 is 5.18. The van der Waals surface area contributed by atoms with E-state index in [0.717, 1.165) is 4.90 Å². The predicted octanol–water partition coefficient (Wildman–Crippen LogP) is 0.683. The summed E-state index contributed by atoms with van der Waals surface area (Å²) in [5.41, 5.74) is 0.169. The number of aliphatic carboxylic acids is 3. The molecule has 0 fully saturated rings. The summed E-state index contributed by atoms with van der Waals surface area (Å²) in [4.78, 5) is 45.7. The average Bonchev–Trinajstić information content (AvgIpc) is 2.67. The van der Waals surface area contributed by atoms with Gasteiger partial charge in [-0.1, -0.05) is 6.42 Å². The van der Waals surface area contributed by atoms with E-state index in [4.69, 9.17) is 14.6 Å². The molecule has 0 aliphatic heterocycles. The van der Waals surface area contributed by atoms with Gasteiger partial charge >= 0.3 is 23.5 Å². The largest absolute Gasteiger partial charge is 0.507 e. The van der Waals surface area contributed by atoms with E-state index in [-0.39, 0.29) is 24.3 Å². The van der Waals surface area contributed by atoms with Gasteiger partial charge in [-0.05, 0) is 37.6 Å². The van der Waals surface area contributed by atoms with Gasteiger partial charge in [-0.25, -0.2) is 4.79 Å². The van der Waals surface area contributed by atoms with E-state index < -0.39 is 42.7 Å². The topological polar surface area (TPSA) is 178 Å². The van der Waals surface area contributed by atoms with Crippen LogP contribution >= 0.6 is 0 Å². The lowest BCUT2D eigenvalue weighted by Gasteiger charge is -2.25. The molecule has 11 heteroatoms. The van der Waals surface area contributed by atoms with Gasteiger partial charge in [0.15, 0.2) is 0 Å². The van der Waals surface area contributed by atoms with Gasteiger partial charge in [0.1, 0.15) is 17.4 Å². The number of nitrogens with zero attached hydrogens (tertiary/aromatic N) is 1. The van der Waals surface area contributed by atoms with Gasteiger partial charge in [-0.3, -0.25) is 19.3 Å². The van der Waals surface area contributed by atoms with Gasteiger partial charge in [0.05, 0.1) is 18.7 Å². The SMILES string of the molecule is O=C(O)CN(CC(=O)O)C(CCCCNCc1c(O)ccc2ccc(=O)oc12)C(=O)O. The van der Waals surface area contributed by atoms with Crippen LogP contribution in [-0.2, 0) is 20.9 Å². The Morgan fingerprint density at radius 2 is 1.65 bits per heavy atom. The van der Waals surface area contributed by atoms with Crippen molar-refractivity contribution in [2.75, 3.05) is 19.6 Å². The Balaban J connectivity index is 1.90. The van der Waals surface area contributed by atoms with Crippen LogP contribution in [0.2, 0.25) is 0 Å². The fourth-order valence-corrected chi connectivity index (χ4v) is 3.24. The van der Waals surface area contributed by atoms with Crippen LogP contribution in [0.25, 0.3) is 11.0 Å². The highest BCUT2D eigenvalue weighted by Gasteiger charge is 2.28. The Kier molecular flexibility index (Phi) is 8.53. The lowest BCUT2D eigenvalue weighted by molar-refractivity contribution is -0.149. The molecule has 1 aromatic heterocycles. The Morgan fingerprint density at radius 1 is 1.00 bits per heavy atom. The van der Waals surface area contributed by atoms with Crippen molar-refractivity contribution >= 4 is 28.9 Å². The summed E-state index contributed by atoms with van der Waals surface area (Å²) in [6, 6.07) is 4.77. The van der Waals surface area contributed by atoms with Crippen molar-refractivity contribution in [3.8, 4) is 5.75 Å². The summed E-state index contributed by atoms with van der Waals surface area (Å²) in [6.07, 6.45) is 0.996. The number of aromatic hydroxyl groups is 1. The number of carboxylic acids is 3. The second kappa shape index (κ2) is 11.1. The third-order valence-electron chi connectivity index (χ3n) is 4.65. The first-order valence-electron chi connectivity index (χ1n) is 9.55. The van der Waals surface area contributed by atoms with Gasteiger partial charge in [0, 0.05) is 18.0 Å². The average molecular weight is 436 g/mol. The highest BCUT2D eigenvalue weighted by Crippen LogP contribution is 2.26. The molecule has 1 atom stereocenters. The van der Waals surface area contributed by atoms with Crippen LogP contribution in [0.1, 0.15) is 24.8 Å². The van der Waals surface area contributed by atoms with Gasteiger partial charge in [0.2, 0.25) is 0 Å². The molecule has 11 nitrogen and oxygen atoms in total. The predicted molar refractivity (Wildman–Crippen MR) is 108 cm³/mol. The number of unbranched alkanes of at least 4 members (excludes halogenated alkanes) is 1. The Bertz CT molecular complexity index is 986. The van der Waals surface area contributed by atoms with Crippen LogP contribution in [0.3, 0.4) is 0 Å². The van der Waals surface area contributed by atoms with Crippen molar-refractivity contribution in [2.45, 2.75) is 31.8 Å². The standard InChI is InChI=1S/C20H24N2O9/c23-15-6-4-12-5-7-18(28)31-19(12)13(15)9-21-8-2-1-3-14(20(29)30)22(10-16(24)25)11-17(26)27/h4-7,14,21,23H,1-3,8-11H2,(H,24,25)(H,26,27)(H,29,30). The Hall–Kier alpha value is -3.44. The van der Waals surface area contributed by atoms with Crippen LogP contribution < -0.4 is 10.9 Å². The number of hydrogen-bond acceptors (Lipinski definition) is 8. The summed E-state index contributed by atoms with van der Waals surface area (Å²) in [7, 11) is 0. The van der Waals surface area contributed by atoms with Crippen molar-refractivity contribution in [2.24, 2.45) is 0 Å². The fourth-order valence-electron chi connectivity index (χ4n) is 3.24. The minimum absolute atomic E-state index is 0.0294. The molecule has 1 aromatic carbocycles. The van der Waals surface area contributed by atoms with Crippen LogP contribution in [0.4, 0.5) is 0 Å². The zero-order valence-electron chi connectivity index (χ0n) is 16.6. The van der Waals surface area contributed by atoms with E-state index in [2.05, 4.69) is 5.32 Å². The monoisotopic (exact) mass is 436 g/mol. The second-order valence-electron chi connectivity index (χ2n) is 6.96. The van der Waals surface area contributed by atoms with E-state index in [1.165, 1.54) is 12.1 Å². The highest BCUT2D eigenvalue weighted by molar-refractivity contribution is 5.82. The van der Waals surface area contributed by atoms with Gasteiger partial charge in [-0.2, -0.15) is 0 Å². The molecule has 5 N–H and O–H groups in total. The number of fused-ring (bicyclic) bond motifs is 1. The van der Waals surface area contributed by atoms with Crippen molar-refractivity contribution in [1.29, 1.82) is 0 Å². The smallest absolute Gasteiger partial charge is 0.336 e. The van der Waals surface area contributed by atoms with Crippen LogP contribution in [0.15, 0.2) is 33.5 Å². The molecule has 1 unspecified atom stereocenters. The van der Waals surface area contributed by atoms with Gasteiger partial charge in [0.25, 0.3) is 0 Å². The molecule has 0 saturated heterocycles. The number of phenols is 1. The van der Waals surface area contributed by atoms with Gasteiger partial charge < -0.3 is 30.2 Å². The van der Waals surface area contributed by atoms with Crippen LogP contribution in [-0.4, -0.2) is 68.9 Å². The van der Waals surface area contributed by atoms with E-state index in [1.54, 1.807) is 12.1 Å². The lowest BCUT2D eigenvalue weighted by Crippen LogP contribution is -2.46. The normalized spacial score (nSPS) is 12.2. The maximum atomic E-state index is 11.5. The summed E-state index contributed by atoms with van der Waals surface area (Å²) in [5.74, 6) is -3.93. The zero-order valence-corrected chi connectivity index (χ0v) is 16.6. The Labute approximate surface area is 176 Å². The minimum atomic E-state index is -1.31. The van der Waals surface area contributed by atoms with E-state index in [1.807, 2.05) is 0 Å². The van der Waals surface area contributed by atoms with Crippen molar-refractivity contribution in [1.82, 2.24) is 10.2 Å². The number of benzene rings is 1. The number of hydrogen-bond donors (Lipinski definition) is 5. The van der Waals surface area contributed by atoms with Crippen LogP contribution in [0.5, 0.6) is 5.75 Å². The first-order valence-corrected chi connectivity index (χ1v) is 9.55. The molecule has 0 radical (unpaired) electrons. The number of carboxylic acid groups (broad SMARTS) is 3. The molecule has 0 amide bonds. The molecule has 1 heterocycles. The molecular weight excluding hydrogens is 412 g/mol. The highest BCUT2D eigenvalue weighted by atomic mass is 16.4. The molecule has 0 spiro atoms. The fraction of sp³-hybridized carbons (Fsp3) is 0.400. The molecule has 2 rings (SSSR count). The number of rotatable bonds is 13. The van der Waals surface area contributed by atoms with Crippen molar-refractivity contribution < 1.29 is 39.2 Å². The Morgan fingerprint density at radius 3 is 2.26 bits per heavy atom. The van der Waals surface area contributed by atoms with Crippen LogP contribution in [0, 0.1) is 0 Å². The minimum Gasteiger partial charge on any atom is -0.507 e. The van der Waals surface area contributed by atoms with E-state index in [0.29, 0.717) is 30.3 Å². The van der Waals surface area contributed by atoms with E-state index >= 15 is 0 Å². The molecule has 0 aliphatic rings. The quantitative estimate of drug-likeness (QED) is 0.220. The third-order valence-corrected chi connectivity index (χ3v) is 4.65. The third kappa shape index (κ3) is 7.08. The number of carbonyl (C=O) groups is 3. The number of nitrogens with one attached hydrogen (secondary N) is 1. The van der Waals surface area contributed by atoms with E-state index in [9.17, 15) is 29.4 Å². The zero-order chi connectivity index (χ0) is 23.0. The van der Waals surface area contributed by atoms with Gasteiger partial charge in [-0.15, -0.1) is 0 Å². The molecule has 0 bridgehead atoms. The van der Waals surface area contributed by atoms with Crippen molar-refractivity contribution in [3.05, 3.63) is 40.2 Å². The summed E-state index contributed by atoms with van der Waals surface area (Å²) in [6.45, 7) is -0.722. The molecule has 168 valence electrons.